The molecule has 0 radical (unpaired) electrons. The van der Waals surface area contributed by atoms with E-state index < -0.39 is 21.2 Å². The fourth-order valence-electron chi connectivity index (χ4n) is 2.52. The Morgan fingerprint density at radius 1 is 1.48 bits per heavy atom. The first kappa shape index (κ1) is 19.0. The minimum Gasteiger partial charge on any atom is -0.475 e. The third kappa shape index (κ3) is 4.16. The Morgan fingerprint density at radius 2 is 2.19 bits per heavy atom. The van der Waals surface area contributed by atoms with Gasteiger partial charge in [0.1, 0.15) is 5.54 Å². The highest BCUT2D eigenvalue weighted by Crippen LogP contribution is 2.24. The molecule has 144 valence electrons. The minimum absolute atomic E-state index is 0.0396. The molecule has 1 saturated heterocycles. The molecule has 0 amide bonds. The zero-order chi connectivity index (χ0) is 19.8. The summed E-state index contributed by atoms with van der Waals surface area (Å²) >= 11 is 0. The van der Waals surface area contributed by atoms with Crippen molar-refractivity contribution in [1.29, 1.82) is 5.26 Å². The Kier molecular flexibility index (Phi) is 4.77. The van der Waals surface area contributed by atoms with Gasteiger partial charge in [0.25, 0.3) is 5.88 Å². The number of nitrogens with one attached hydrogen (secondary N) is 1. The number of ether oxygens (including phenoxy) is 1. The standard InChI is InChI=1S/C16H19FN6O3S/c1-10-13(5-23(22-10)16(2,3)9-18)20-15-19-4-12(17)14(21-15)26-6-11-7-27(24,25)8-11/h4-5,11H,6-8H2,1-3H3,(H,19,20,21). The fraction of sp³-hybridized carbons (Fsp3) is 0.500. The van der Waals surface area contributed by atoms with Gasteiger partial charge >= 0.3 is 0 Å². The zero-order valence-corrected chi connectivity index (χ0v) is 15.9. The summed E-state index contributed by atoms with van der Waals surface area (Å²) in [7, 11) is -2.96. The van der Waals surface area contributed by atoms with Gasteiger partial charge in [-0.3, -0.25) is 4.68 Å². The van der Waals surface area contributed by atoms with Gasteiger partial charge in [0.05, 0.1) is 48.0 Å². The molecule has 0 aliphatic carbocycles. The number of sulfone groups is 1. The van der Waals surface area contributed by atoms with Crippen LogP contribution in [0, 0.1) is 30.0 Å². The summed E-state index contributed by atoms with van der Waals surface area (Å²) in [4.78, 5) is 7.87. The van der Waals surface area contributed by atoms with Crippen LogP contribution >= 0.6 is 0 Å². The molecular weight excluding hydrogens is 375 g/mol. The van der Waals surface area contributed by atoms with Crippen LogP contribution in [0.15, 0.2) is 12.4 Å². The Bertz CT molecular complexity index is 1000. The van der Waals surface area contributed by atoms with Gasteiger partial charge in [-0.1, -0.05) is 0 Å². The van der Waals surface area contributed by atoms with Gasteiger partial charge in [-0.25, -0.2) is 13.4 Å². The summed E-state index contributed by atoms with van der Waals surface area (Å²) < 4.78 is 43.0. The Labute approximate surface area is 156 Å². The Hall–Kier alpha value is -2.74. The van der Waals surface area contributed by atoms with E-state index in [9.17, 15) is 18.1 Å². The topological polar surface area (TPSA) is 123 Å². The van der Waals surface area contributed by atoms with E-state index in [0.717, 1.165) is 6.20 Å². The van der Waals surface area contributed by atoms with Crippen molar-refractivity contribution >= 4 is 21.5 Å². The van der Waals surface area contributed by atoms with Crippen molar-refractivity contribution in [2.24, 2.45) is 5.92 Å². The maximum atomic E-state index is 13.9. The molecule has 27 heavy (non-hydrogen) atoms. The van der Waals surface area contributed by atoms with Gasteiger partial charge in [-0.05, 0) is 20.8 Å². The molecule has 2 aromatic heterocycles. The third-order valence-electron chi connectivity index (χ3n) is 4.14. The molecule has 0 saturated carbocycles. The van der Waals surface area contributed by atoms with Crippen LogP contribution in [-0.4, -0.2) is 46.3 Å². The highest BCUT2D eigenvalue weighted by atomic mass is 32.2. The molecule has 1 fully saturated rings. The lowest BCUT2D eigenvalue weighted by Crippen LogP contribution is -2.40. The predicted molar refractivity (Wildman–Crippen MR) is 94.8 cm³/mol. The molecule has 3 heterocycles. The van der Waals surface area contributed by atoms with Gasteiger partial charge in [0, 0.05) is 5.92 Å². The molecule has 0 unspecified atom stereocenters. The summed E-state index contributed by atoms with van der Waals surface area (Å²) in [6, 6.07) is 2.15. The van der Waals surface area contributed by atoms with Crippen LogP contribution in [0.3, 0.4) is 0 Å². The minimum atomic E-state index is -2.96. The number of anilines is 2. The lowest BCUT2D eigenvalue weighted by Gasteiger charge is -2.25. The number of aryl methyl sites for hydroxylation is 1. The van der Waals surface area contributed by atoms with Crippen molar-refractivity contribution in [3.63, 3.8) is 0 Å². The van der Waals surface area contributed by atoms with E-state index in [1.54, 1.807) is 27.0 Å². The molecule has 11 heteroatoms. The van der Waals surface area contributed by atoms with Gasteiger partial charge in [0.15, 0.2) is 9.84 Å². The molecule has 3 rings (SSSR count). The van der Waals surface area contributed by atoms with Gasteiger partial charge in [-0.15, -0.1) is 0 Å². The summed E-state index contributed by atoms with van der Waals surface area (Å²) in [6.45, 7) is 5.28. The van der Waals surface area contributed by atoms with Crippen molar-refractivity contribution in [3.8, 4) is 11.9 Å². The Morgan fingerprint density at radius 3 is 2.81 bits per heavy atom. The van der Waals surface area contributed by atoms with E-state index >= 15 is 0 Å². The maximum Gasteiger partial charge on any atom is 0.255 e. The SMILES string of the molecule is Cc1nn(C(C)(C)C#N)cc1Nc1ncc(F)c(OCC2CS(=O)(=O)C2)n1. The second kappa shape index (κ2) is 6.77. The lowest BCUT2D eigenvalue weighted by atomic mass is 10.1. The first-order chi connectivity index (χ1) is 12.6. The van der Waals surface area contributed by atoms with E-state index in [1.165, 1.54) is 4.68 Å². The van der Waals surface area contributed by atoms with Gasteiger partial charge in [0.2, 0.25) is 11.8 Å². The van der Waals surface area contributed by atoms with Crippen molar-refractivity contribution < 1.29 is 17.5 Å². The number of nitrogens with zero attached hydrogens (tertiary/aromatic N) is 5. The van der Waals surface area contributed by atoms with Crippen molar-refractivity contribution in [2.75, 3.05) is 23.4 Å². The van der Waals surface area contributed by atoms with E-state index in [0.29, 0.717) is 11.4 Å². The molecular formula is C16H19FN6O3S. The summed E-state index contributed by atoms with van der Waals surface area (Å²) in [6.07, 6.45) is 2.62. The van der Waals surface area contributed by atoms with Gasteiger partial charge in [-0.2, -0.15) is 19.7 Å². The molecule has 2 aromatic rings. The van der Waals surface area contributed by atoms with Crippen molar-refractivity contribution in [2.45, 2.75) is 26.3 Å². The number of hydrogen-bond acceptors (Lipinski definition) is 8. The largest absolute Gasteiger partial charge is 0.475 e. The van der Waals surface area contributed by atoms with E-state index in [-0.39, 0.29) is 35.9 Å². The second-order valence-corrected chi connectivity index (χ2v) is 9.12. The van der Waals surface area contributed by atoms with Crippen LogP contribution in [-0.2, 0) is 15.4 Å². The highest BCUT2D eigenvalue weighted by molar-refractivity contribution is 7.92. The van der Waals surface area contributed by atoms with E-state index in [1.807, 2.05) is 0 Å². The molecule has 1 N–H and O–H groups in total. The fourth-order valence-corrected chi connectivity index (χ4v) is 4.05. The number of aromatic nitrogens is 4. The number of hydrogen-bond donors (Lipinski definition) is 1. The molecule has 1 aliphatic rings. The summed E-state index contributed by atoms with van der Waals surface area (Å²) in [5, 5.41) is 16.4. The summed E-state index contributed by atoms with van der Waals surface area (Å²) in [5.74, 6) is -0.963. The molecule has 0 spiro atoms. The number of nitriles is 1. The smallest absolute Gasteiger partial charge is 0.255 e. The van der Waals surface area contributed by atoms with Crippen LogP contribution in [0.4, 0.5) is 16.0 Å². The predicted octanol–water partition coefficient (Wildman–Crippen LogP) is 1.55. The summed E-state index contributed by atoms with van der Waals surface area (Å²) in [5.41, 5.74) is 0.362. The molecule has 1 aliphatic heterocycles. The average molecular weight is 394 g/mol. The van der Waals surface area contributed by atoms with Crippen LogP contribution in [0.25, 0.3) is 0 Å². The van der Waals surface area contributed by atoms with Crippen LogP contribution in [0.1, 0.15) is 19.5 Å². The van der Waals surface area contributed by atoms with Crippen LogP contribution in [0.5, 0.6) is 5.88 Å². The first-order valence-electron chi connectivity index (χ1n) is 8.20. The molecule has 0 atom stereocenters. The average Bonchev–Trinajstić information content (AvgIpc) is 2.95. The zero-order valence-electron chi connectivity index (χ0n) is 15.1. The maximum absolute atomic E-state index is 13.9. The second-order valence-electron chi connectivity index (χ2n) is 6.97. The van der Waals surface area contributed by atoms with Crippen molar-refractivity contribution in [1.82, 2.24) is 19.7 Å². The molecule has 9 nitrogen and oxygen atoms in total. The van der Waals surface area contributed by atoms with Crippen LogP contribution in [0.2, 0.25) is 0 Å². The highest BCUT2D eigenvalue weighted by Gasteiger charge is 2.34. The van der Waals surface area contributed by atoms with E-state index in [4.69, 9.17) is 4.74 Å². The number of rotatable bonds is 6. The third-order valence-corrected chi connectivity index (χ3v) is 6.10. The number of halogens is 1. The monoisotopic (exact) mass is 394 g/mol. The van der Waals surface area contributed by atoms with Crippen molar-refractivity contribution in [3.05, 3.63) is 23.9 Å². The molecule has 0 bridgehead atoms. The quantitative estimate of drug-likeness (QED) is 0.783. The lowest BCUT2D eigenvalue weighted by molar-refractivity contribution is 0.242. The first-order valence-corrected chi connectivity index (χ1v) is 10.0. The Balaban J connectivity index is 1.72. The van der Waals surface area contributed by atoms with Gasteiger partial charge < -0.3 is 10.1 Å². The van der Waals surface area contributed by atoms with E-state index in [2.05, 4.69) is 26.5 Å². The van der Waals surface area contributed by atoms with Crippen LogP contribution < -0.4 is 10.1 Å². The molecule has 0 aromatic carbocycles. The normalized spacial score (nSPS) is 16.4.